The zero-order valence-electron chi connectivity index (χ0n) is 13.8. The highest BCUT2D eigenvalue weighted by atomic mass is 79.9. The van der Waals surface area contributed by atoms with Crippen LogP contribution < -0.4 is 10.6 Å². The van der Waals surface area contributed by atoms with Crippen LogP contribution in [0.3, 0.4) is 0 Å². The van der Waals surface area contributed by atoms with Gasteiger partial charge in [0.2, 0.25) is 0 Å². The molecule has 1 saturated heterocycles. The van der Waals surface area contributed by atoms with Crippen molar-refractivity contribution in [3.8, 4) is 5.69 Å². The molecule has 2 heterocycles. The summed E-state index contributed by atoms with van der Waals surface area (Å²) in [6.07, 6.45) is 3.75. The third-order valence-electron chi connectivity index (χ3n) is 4.39. The Balaban J connectivity index is 0.00000208. The van der Waals surface area contributed by atoms with E-state index in [-0.39, 0.29) is 24.4 Å². The normalized spacial score (nSPS) is 20.3. The predicted molar refractivity (Wildman–Crippen MR) is 101 cm³/mol. The fourth-order valence-electron chi connectivity index (χ4n) is 2.99. The van der Waals surface area contributed by atoms with Crippen LogP contribution >= 0.6 is 28.3 Å². The molecule has 0 aliphatic carbocycles. The zero-order valence-corrected chi connectivity index (χ0v) is 16.2. The Kier molecular flexibility index (Phi) is 6.43. The van der Waals surface area contributed by atoms with Gasteiger partial charge in [-0.25, -0.2) is 4.68 Å². The van der Waals surface area contributed by atoms with Gasteiger partial charge in [0.05, 0.1) is 23.1 Å². The zero-order chi connectivity index (χ0) is 16.4. The molecule has 0 saturated carbocycles. The average molecular weight is 414 g/mol. The van der Waals surface area contributed by atoms with Crippen LogP contribution in [0.15, 0.2) is 34.9 Å². The van der Waals surface area contributed by atoms with Crippen LogP contribution in [0.2, 0.25) is 0 Å². The molecule has 7 heteroatoms. The number of carbonyl (C=O) groups is 1. The van der Waals surface area contributed by atoms with E-state index in [2.05, 4.69) is 38.6 Å². The van der Waals surface area contributed by atoms with Gasteiger partial charge < -0.3 is 10.6 Å². The fourth-order valence-corrected chi connectivity index (χ4v) is 3.38. The van der Waals surface area contributed by atoms with E-state index in [0.29, 0.717) is 11.6 Å². The summed E-state index contributed by atoms with van der Waals surface area (Å²) in [7, 11) is 0. The van der Waals surface area contributed by atoms with Gasteiger partial charge in [-0.15, -0.1) is 12.4 Å². The van der Waals surface area contributed by atoms with Crippen molar-refractivity contribution < 1.29 is 4.79 Å². The molecule has 2 unspecified atom stereocenters. The van der Waals surface area contributed by atoms with Crippen molar-refractivity contribution in [2.45, 2.75) is 38.8 Å². The molecule has 130 valence electrons. The van der Waals surface area contributed by atoms with Gasteiger partial charge in [-0.2, -0.15) is 5.10 Å². The first-order chi connectivity index (χ1) is 11.1. The van der Waals surface area contributed by atoms with Gasteiger partial charge >= 0.3 is 0 Å². The van der Waals surface area contributed by atoms with E-state index in [9.17, 15) is 4.79 Å². The predicted octanol–water partition coefficient (Wildman–Crippen LogP) is 3.24. The maximum absolute atomic E-state index is 12.6. The molecule has 2 N–H and O–H groups in total. The number of hydrogen-bond donors (Lipinski definition) is 2. The van der Waals surface area contributed by atoms with E-state index < -0.39 is 0 Å². The highest BCUT2D eigenvalue weighted by molar-refractivity contribution is 9.10. The Bertz CT molecular complexity index is 718. The summed E-state index contributed by atoms with van der Waals surface area (Å²) in [6, 6.07) is 8.34. The van der Waals surface area contributed by atoms with Gasteiger partial charge in [0, 0.05) is 16.6 Å². The Hall–Kier alpha value is -1.37. The topological polar surface area (TPSA) is 59.0 Å². The van der Waals surface area contributed by atoms with Gasteiger partial charge in [0.1, 0.15) is 0 Å². The summed E-state index contributed by atoms with van der Waals surface area (Å²) in [5.41, 5.74) is 2.41. The molecule has 2 atom stereocenters. The van der Waals surface area contributed by atoms with E-state index in [1.54, 1.807) is 10.9 Å². The van der Waals surface area contributed by atoms with Crippen LogP contribution in [-0.4, -0.2) is 34.3 Å². The smallest absolute Gasteiger partial charge is 0.255 e. The van der Waals surface area contributed by atoms with Crippen molar-refractivity contribution in [2.24, 2.45) is 0 Å². The van der Waals surface area contributed by atoms with Crippen molar-refractivity contribution in [1.29, 1.82) is 0 Å². The van der Waals surface area contributed by atoms with E-state index in [1.807, 2.05) is 31.2 Å². The summed E-state index contributed by atoms with van der Waals surface area (Å²) >= 11 is 3.46. The van der Waals surface area contributed by atoms with Gasteiger partial charge in [0.25, 0.3) is 5.91 Å². The molecule has 1 amide bonds. The summed E-state index contributed by atoms with van der Waals surface area (Å²) in [4.78, 5) is 12.6. The molecule has 0 radical (unpaired) electrons. The van der Waals surface area contributed by atoms with Crippen LogP contribution in [0.25, 0.3) is 5.69 Å². The molecule has 1 aromatic heterocycles. The Labute approximate surface area is 156 Å². The molecular weight excluding hydrogens is 392 g/mol. The number of piperidine rings is 1. The molecule has 5 nitrogen and oxygen atoms in total. The van der Waals surface area contributed by atoms with Gasteiger partial charge in [-0.05, 0) is 51.4 Å². The van der Waals surface area contributed by atoms with Crippen LogP contribution in [0.5, 0.6) is 0 Å². The van der Waals surface area contributed by atoms with Crippen molar-refractivity contribution >= 4 is 34.2 Å². The number of nitrogens with zero attached hydrogens (tertiary/aromatic N) is 2. The molecule has 3 rings (SSSR count). The summed E-state index contributed by atoms with van der Waals surface area (Å²) in [5.74, 6) is -0.0516. The minimum Gasteiger partial charge on any atom is -0.348 e. The lowest BCUT2D eigenvalue weighted by Gasteiger charge is -2.30. The molecule has 1 fully saturated rings. The van der Waals surface area contributed by atoms with Gasteiger partial charge in [0.15, 0.2) is 0 Å². The third kappa shape index (κ3) is 3.99. The van der Waals surface area contributed by atoms with Crippen molar-refractivity contribution in [3.05, 3.63) is 46.2 Å². The van der Waals surface area contributed by atoms with Crippen LogP contribution in [0, 0.1) is 6.92 Å². The summed E-state index contributed by atoms with van der Waals surface area (Å²) in [5, 5.41) is 10.9. The van der Waals surface area contributed by atoms with Crippen LogP contribution in [-0.2, 0) is 0 Å². The van der Waals surface area contributed by atoms with Crippen molar-refractivity contribution in [3.63, 3.8) is 0 Å². The number of amides is 1. The number of aromatic nitrogens is 2. The highest BCUT2D eigenvalue weighted by Gasteiger charge is 2.24. The summed E-state index contributed by atoms with van der Waals surface area (Å²) in [6.45, 7) is 5.06. The number of halogens is 2. The standard InChI is InChI=1S/C17H21BrN4O.ClH/c1-11-16(7-4-8-19-11)21-17(23)15-10-20-22(12(15)2)14-6-3-5-13(18)9-14;/h3,5-6,9-11,16,19H,4,7-8H2,1-2H3,(H,21,23);1H. The van der Waals surface area contributed by atoms with E-state index in [0.717, 1.165) is 35.2 Å². The first-order valence-corrected chi connectivity index (χ1v) is 8.70. The van der Waals surface area contributed by atoms with Gasteiger partial charge in [-0.3, -0.25) is 4.79 Å². The van der Waals surface area contributed by atoms with E-state index in [1.165, 1.54) is 0 Å². The fraction of sp³-hybridized carbons (Fsp3) is 0.412. The number of carbonyl (C=O) groups excluding carboxylic acids is 1. The highest BCUT2D eigenvalue weighted by Crippen LogP contribution is 2.19. The third-order valence-corrected chi connectivity index (χ3v) is 4.88. The molecule has 0 bridgehead atoms. The second-order valence-electron chi connectivity index (χ2n) is 6.00. The van der Waals surface area contributed by atoms with Crippen molar-refractivity contribution in [1.82, 2.24) is 20.4 Å². The molecule has 2 aromatic rings. The largest absolute Gasteiger partial charge is 0.348 e. The molecule has 0 spiro atoms. The van der Waals surface area contributed by atoms with Crippen LogP contribution in [0.4, 0.5) is 0 Å². The molecule has 1 aromatic carbocycles. The lowest BCUT2D eigenvalue weighted by atomic mass is 9.99. The first kappa shape index (κ1) is 19.0. The quantitative estimate of drug-likeness (QED) is 0.812. The number of benzene rings is 1. The Morgan fingerprint density at radius 2 is 2.25 bits per heavy atom. The second-order valence-corrected chi connectivity index (χ2v) is 6.92. The number of rotatable bonds is 3. The Morgan fingerprint density at radius 1 is 1.46 bits per heavy atom. The van der Waals surface area contributed by atoms with E-state index in [4.69, 9.17) is 0 Å². The lowest BCUT2D eigenvalue weighted by molar-refractivity contribution is 0.0919. The number of nitrogens with one attached hydrogen (secondary N) is 2. The SMILES string of the molecule is Cc1c(C(=O)NC2CCCNC2C)cnn1-c1cccc(Br)c1.Cl. The first-order valence-electron chi connectivity index (χ1n) is 7.91. The minimum absolute atomic E-state index is 0. The molecular formula is C17H22BrClN4O. The minimum atomic E-state index is -0.0516. The Morgan fingerprint density at radius 3 is 2.96 bits per heavy atom. The number of hydrogen-bond acceptors (Lipinski definition) is 3. The monoisotopic (exact) mass is 412 g/mol. The van der Waals surface area contributed by atoms with Crippen LogP contribution in [0.1, 0.15) is 35.8 Å². The average Bonchev–Trinajstić information content (AvgIpc) is 2.91. The molecule has 1 aliphatic rings. The molecule has 24 heavy (non-hydrogen) atoms. The van der Waals surface area contributed by atoms with Crippen molar-refractivity contribution in [2.75, 3.05) is 6.54 Å². The van der Waals surface area contributed by atoms with E-state index >= 15 is 0 Å². The maximum atomic E-state index is 12.6. The summed E-state index contributed by atoms with van der Waals surface area (Å²) < 4.78 is 2.78. The second kappa shape index (κ2) is 8.14. The lowest BCUT2D eigenvalue weighted by Crippen LogP contribution is -2.51. The molecule has 1 aliphatic heterocycles. The van der Waals surface area contributed by atoms with Gasteiger partial charge in [-0.1, -0.05) is 22.0 Å². The maximum Gasteiger partial charge on any atom is 0.255 e.